The Balaban J connectivity index is 1.70. The highest BCUT2D eigenvalue weighted by Gasteiger charge is 2.19. The lowest BCUT2D eigenvalue weighted by molar-refractivity contribution is 1.35. The fraction of sp³-hybridized carbons (Fsp3) is 0. The third-order valence-electron chi connectivity index (χ3n) is 6.79. The first kappa shape index (κ1) is 19.0. The number of hydrogen-bond acceptors (Lipinski definition) is 2. The molecule has 7 aromatic rings. The average molecular weight is 433 g/mol. The first-order valence-electron chi connectivity index (χ1n) is 11.5. The van der Waals surface area contributed by atoms with E-state index in [-0.39, 0.29) is 0 Å². The van der Waals surface area contributed by atoms with E-state index in [1.807, 2.05) is 18.6 Å². The van der Waals surface area contributed by atoms with Crippen molar-refractivity contribution in [3.63, 3.8) is 0 Å². The molecule has 5 aromatic carbocycles. The first-order valence-corrected chi connectivity index (χ1v) is 11.5. The number of hydrogen-bond donors (Lipinski definition) is 0. The summed E-state index contributed by atoms with van der Waals surface area (Å²) in [6, 6.07) is 36.6. The van der Waals surface area contributed by atoms with Gasteiger partial charge < -0.3 is 0 Å². The molecule has 2 heterocycles. The summed E-state index contributed by atoms with van der Waals surface area (Å²) in [6.45, 7) is 0. The maximum atomic E-state index is 4.90. The van der Waals surface area contributed by atoms with Crippen LogP contribution in [0.1, 0.15) is 0 Å². The summed E-state index contributed by atoms with van der Waals surface area (Å²) in [5.41, 5.74) is 4.62. The third-order valence-corrected chi connectivity index (χ3v) is 6.79. The number of pyridine rings is 2. The molecule has 2 heteroatoms. The second kappa shape index (κ2) is 7.50. The van der Waals surface area contributed by atoms with Crippen molar-refractivity contribution < 1.29 is 0 Å². The van der Waals surface area contributed by atoms with Gasteiger partial charge in [-0.3, -0.25) is 9.97 Å². The lowest BCUT2D eigenvalue weighted by Crippen LogP contribution is -1.94. The van der Waals surface area contributed by atoms with Gasteiger partial charge in [-0.05, 0) is 55.6 Å². The van der Waals surface area contributed by atoms with Crippen LogP contribution in [-0.2, 0) is 0 Å². The van der Waals surface area contributed by atoms with Gasteiger partial charge in [-0.25, -0.2) is 0 Å². The Morgan fingerprint density at radius 2 is 1.03 bits per heavy atom. The monoisotopic (exact) mass is 432 g/mol. The second-order valence-corrected chi connectivity index (χ2v) is 8.62. The summed E-state index contributed by atoms with van der Waals surface area (Å²) in [6.07, 6.45) is 5.80. The van der Waals surface area contributed by atoms with Crippen LogP contribution in [0.5, 0.6) is 0 Å². The molecule has 0 atom stereocenters. The minimum atomic E-state index is 0.997. The molecule has 0 aliphatic heterocycles. The van der Waals surface area contributed by atoms with Gasteiger partial charge in [0.1, 0.15) is 0 Å². The Morgan fingerprint density at radius 1 is 0.412 bits per heavy atom. The summed E-state index contributed by atoms with van der Waals surface area (Å²) in [7, 11) is 0. The zero-order valence-corrected chi connectivity index (χ0v) is 18.4. The van der Waals surface area contributed by atoms with Crippen molar-refractivity contribution in [2.24, 2.45) is 0 Å². The van der Waals surface area contributed by atoms with Crippen LogP contribution < -0.4 is 0 Å². The summed E-state index contributed by atoms with van der Waals surface area (Å²) in [5.74, 6) is 0. The second-order valence-electron chi connectivity index (χ2n) is 8.62. The van der Waals surface area contributed by atoms with Gasteiger partial charge in [0.05, 0.1) is 5.69 Å². The SMILES string of the molecule is c1ccc2c(-c3c4ccccc4c(-c4nccc5ccccc45)c4cnccc34)cccc2c1. The highest BCUT2D eigenvalue weighted by molar-refractivity contribution is 6.24. The number of fused-ring (bicyclic) bond motifs is 4. The molecular weight excluding hydrogens is 412 g/mol. The molecule has 158 valence electrons. The van der Waals surface area contributed by atoms with E-state index >= 15 is 0 Å². The molecule has 2 aromatic heterocycles. The maximum absolute atomic E-state index is 4.90. The van der Waals surface area contributed by atoms with Crippen LogP contribution in [0.2, 0.25) is 0 Å². The minimum absolute atomic E-state index is 0.997. The molecule has 0 bridgehead atoms. The molecule has 0 fully saturated rings. The van der Waals surface area contributed by atoms with Crippen LogP contribution in [0, 0.1) is 0 Å². The minimum Gasteiger partial charge on any atom is -0.264 e. The van der Waals surface area contributed by atoms with Gasteiger partial charge in [-0.1, -0.05) is 91.0 Å². The average Bonchev–Trinajstić information content (AvgIpc) is 2.91. The Kier molecular flexibility index (Phi) is 4.18. The molecule has 0 saturated carbocycles. The fourth-order valence-corrected chi connectivity index (χ4v) is 5.33. The van der Waals surface area contributed by atoms with Crippen molar-refractivity contribution in [2.75, 3.05) is 0 Å². The lowest BCUT2D eigenvalue weighted by atomic mass is 9.86. The summed E-state index contributed by atoms with van der Waals surface area (Å²) >= 11 is 0. The van der Waals surface area contributed by atoms with Gasteiger partial charge >= 0.3 is 0 Å². The van der Waals surface area contributed by atoms with Crippen LogP contribution in [0.3, 0.4) is 0 Å². The van der Waals surface area contributed by atoms with E-state index in [0.717, 1.165) is 22.0 Å². The Hall–Kier alpha value is -4.56. The van der Waals surface area contributed by atoms with Gasteiger partial charge in [0, 0.05) is 34.9 Å². The topological polar surface area (TPSA) is 25.8 Å². The lowest BCUT2D eigenvalue weighted by Gasteiger charge is -2.18. The molecule has 7 rings (SSSR count). The fourth-order valence-electron chi connectivity index (χ4n) is 5.33. The molecule has 0 aliphatic rings. The predicted molar refractivity (Wildman–Crippen MR) is 143 cm³/mol. The normalized spacial score (nSPS) is 11.5. The van der Waals surface area contributed by atoms with Gasteiger partial charge in [-0.15, -0.1) is 0 Å². The summed E-state index contributed by atoms with van der Waals surface area (Å²) in [5, 5.41) is 9.56. The molecule has 0 N–H and O–H groups in total. The highest BCUT2D eigenvalue weighted by atomic mass is 14.7. The molecular formula is C32H20N2. The number of aromatic nitrogens is 2. The molecule has 0 radical (unpaired) electrons. The van der Waals surface area contributed by atoms with Gasteiger partial charge in [-0.2, -0.15) is 0 Å². The molecule has 34 heavy (non-hydrogen) atoms. The predicted octanol–water partition coefficient (Wildman–Crippen LogP) is 8.42. The number of nitrogens with zero attached hydrogens (tertiary/aromatic N) is 2. The smallest absolute Gasteiger partial charge is 0.0793 e. The molecule has 0 saturated heterocycles. The van der Waals surface area contributed by atoms with E-state index in [1.165, 1.54) is 43.4 Å². The Bertz CT molecular complexity index is 1660. The van der Waals surface area contributed by atoms with Crippen LogP contribution in [0.25, 0.3) is 65.5 Å². The quantitative estimate of drug-likeness (QED) is 0.256. The van der Waals surface area contributed by atoms with Crippen molar-refractivity contribution in [1.82, 2.24) is 9.97 Å². The standard InChI is InChI=1S/C32H20N2/c1-3-11-23-21(8-1)10-7-15-25(23)30-26-13-5-6-14-27(26)31(29-20-33-18-17-28(29)30)32-24-12-4-2-9-22(24)16-19-34-32/h1-20H. The van der Waals surface area contributed by atoms with Crippen LogP contribution in [0.15, 0.2) is 122 Å². The molecule has 0 unspecified atom stereocenters. The highest BCUT2D eigenvalue weighted by Crippen LogP contribution is 2.45. The van der Waals surface area contributed by atoms with E-state index in [9.17, 15) is 0 Å². The number of rotatable bonds is 2. The zero-order chi connectivity index (χ0) is 22.5. The van der Waals surface area contributed by atoms with Crippen LogP contribution >= 0.6 is 0 Å². The molecule has 2 nitrogen and oxygen atoms in total. The van der Waals surface area contributed by atoms with Gasteiger partial charge in [0.15, 0.2) is 0 Å². The first-order chi connectivity index (χ1) is 16.9. The van der Waals surface area contributed by atoms with Gasteiger partial charge in [0.25, 0.3) is 0 Å². The van der Waals surface area contributed by atoms with Crippen LogP contribution in [-0.4, -0.2) is 9.97 Å². The van der Waals surface area contributed by atoms with E-state index in [0.29, 0.717) is 0 Å². The van der Waals surface area contributed by atoms with Crippen molar-refractivity contribution in [2.45, 2.75) is 0 Å². The number of benzene rings is 5. The zero-order valence-electron chi connectivity index (χ0n) is 18.4. The summed E-state index contributed by atoms with van der Waals surface area (Å²) < 4.78 is 0. The Morgan fingerprint density at radius 3 is 1.85 bits per heavy atom. The Labute approximate surface area is 197 Å². The van der Waals surface area contributed by atoms with Crippen LogP contribution in [0.4, 0.5) is 0 Å². The molecule has 0 aliphatic carbocycles. The van der Waals surface area contributed by atoms with Crippen molar-refractivity contribution in [1.29, 1.82) is 0 Å². The molecule has 0 spiro atoms. The van der Waals surface area contributed by atoms with E-state index in [4.69, 9.17) is 4.98 Å². The third kappa shape index (κ3) is 2.76. The van der Waals surface area contributed by atoms with E-state index in [2.05, 4.69) is 108 Å². The van der Waals surface area contributed by atoms with E-state index in [1.54, 1.807) is 0 Å². The molecule has 0 amide bonds. The summed E-state index contributed by atoms with van der Waals surface area (Å²) in [4.78, 5) is 9.46. The van der Waals surface area contributed by atoms with Crippen molar-refractivity contribution in [3.05, 3.63) is 122 Å². The largest absolute Gasteiger partial charge is 0.264 e. The van der Waals surface area contributed by atoms with Gasteiger partial charge in [0.2, 0.25) is 0 Å². The maximum Gasteiger partial charge on any atom is 0.0793 e. The van der Waals surface area contributed by atoms with Crippen molar-refractivity contribution >= 4 is 43.1 Å². The van der Waals surface area contributed by atoms with E-state index < -0.39 is 0 Å². The van der Waals surface area contributed by atoms with Crippen molar-refractivity contribution in [3.8, 4) is 22.4 Å².